The van der Waals surface area contributed by atoms with Crippen LogP contribution in [0.4, 0.5) is 0 Å². The van der Waals surface area contributed by atoms with Crippen molar-refractivity contribution in [2.45, 2.75) is 6.92 Å². The van der Waals surface area contributed by atoms with Gasteiger partial charge in [-0.1, -0.05) is 109 Å². The van der Waals surface area contributed by atoms with Crippen LogP contribution in [0, 0.1) is 6.92 Å². The van der Waals surface area contributed by atoms with Gasteiger partial charge in [-0.05, 0) is 61.0 Å². The molecule has 3 nitrogen and oxygen atoms in total. The number of nitrogens with zero attached hydrogens (tertiary/aromatic N) is 3. The molecule has 0 unspecified atom stereocenters. The molecule has 3 heteroatoms. The van der Waals surface area contributed by atoms with E-state index in [2.05, 4.69) is 178 Å². The van der Waals surface area contributed by atoms with Crippen LogP contribution in [0.3, 0.4) is 0 Å². The molecule has 0 saturated heterocycles. The predicted molar refractivity (Wildman–Crippen MR) is 194 cm³/mol. The van der Waals surface area contributed by atoms with Crippen LogP contribution in [-0.4, -0.2) is 13.7 Å². The zero-order valence-corrected chi connectivity index (χ0v) is 25.4. The van der Waals surface area contributed by atoms with E-state index >= 15 is 0 Å². The van der Waals surface area contributed by atoms with E-state index < -0.39 is 0 Å². The topological polar surface area (TPSA) is 14.8 Å². The van der Waals surface area contributed by atoms with Crippen molar-refractivity contribution >= 4 is 65.4 Å². The monoisotopic (exact) mass is 587 g/mol. The van der Waals surface area contributed by atoms with Gasteiger partial charge in [-0.25, -0.2) is 0 Å². The van der Waals surface area contributed by atoms with Crippen molar-refractivity contribution < 1.29 is 0 Å². The molecule has 216 valence electrons. The molecule has 0 saturated carbocycles. The first-order valence-electron chi connectivity index (χ1n) is 15.9. The van der Waals surface area contributed by atoms with Crippen LogP contribution < -0.4 is 0 Å². The number of para-hydroxylation sites is 6. The first-order chi connectivity index (χ1) is 22.8. The second-order valence-corrected chi connectivity index (χ2v) is 12.3. The molecule has 0 radical (unpaired) electrons. The molecule has 10 aromatic rings. The highest BCUT2D eigenvalue weighted by molar-refractivity contribution is 6.13. The zero-order chi connectivity index (χ0) is 30.4. The van der Waals surface area contributed by atoms with Gasteiger partial charge in [0.15, 0.2) is 0 Å². The van der Waals surface area contributed by atoms with Crippen LogP contribution in [0.25, 0.3) is 82.5 Å². The van der Waals surface area contributed by atoms with E-state index in [-0.39, 0.29) is 0 Å². The van der Waals surface area contributed by atoms with Crippen LogP contribution in [0.1, 0.15) is 5.56 Å². The normalized spacial score (nSPS) is 12.0. The van der Waals surface area contributed by atoms with Gasteiger partial charge in [0.2, 0.25) is 0 Å². The zero-order valence-electron chi connectivity index (χ0n) is 25.4. The summed E-state index contributed by atoms with van der Waals surface area (Å²) >= 11 is 0. The fraction of sp³-hybridized carbons (Fsp3) is 0.0233. The maximum Gasteiger partial charge on any atom is 0.0947 e. The standard InChI is InChI=1S/C43H29N3/c1-28-26-41(44-35-20-8-2-14-29(35)30-15-3-9-21-36(30)44)43(46-39-24-12-6-18-33(39)34-19-7-13-25-40(34)46)42(27-28)45-37-22-10-4-16-31(37)32-17-5-11-23-38(32)45/h2-27H,1H3. The molecule has 10 rings (SSSR count). The highest BCUT2D eigenvalue weighted by Crippen LogP contribution is 2.43. The van der Waals surface area contributed by atoms with Crippen LogP contribution in [0.15, 0.2) is 158 Å². The highest BCUT2D eigenvalue weighted by Gasteiger charge is 2.24. The third-order valence-corrected chi connectivity index (χ3v) is 9.66. The van der Waals surface area contributed by atoms with Crippen molar-refractivity contribution in [2.24, 2.45) is 0 Å². The molecule has 7 aromatic carbocycles. The largest absolute Gasteiger partial charge is 0.307 e. The lowest BCUT2D eigenvalue weighted by Crippen LogP contribution is -2.10. The molecule has 3 heterocycles. The summed E-state index contributed by atoms with van der Waals surface area (Å²) in [5.41, 5.74) is 11.8. The Morgan fingerprint density at radius 1 is 0.304 bits per heavy atom. The molecule has 0 aliphatic carbocycles. The van der Waals surface area contributed by atoms with Crippen LogP contribution in [0.5, 0.6) is 0 Å². The predicted octanol–water partition coefficient (Wildman–Crippen LogP) is 11.3. The van der Waals surface area contributed by atoms with Crippen LogP contribution >= 0.6 is 0 Å². The number of hydrogen-bond donors (Lipinski definition) is 0. The van der Waals surface area contributed by atoms with Crippen molar-refractivity contribution in [3.8, 4) is 17.1 Å². The molecule has 0 fully saturated rings. The van der Waals surface area contributed by atoms with E-state index in [0.717, 1.165) is 17.1 Å². The number of aromatic nitrogens is 3. The summed E-state index contributed by atoms with van der Waals surface area (Å²) in [6, 6.07) is 57.6. The molecule has 0 aliphatic rings. The minimum atomic E-state index is 1.15. The second kappa shape index (κ2) is 9.47. The van der Waals surface area contributed by atoms with Gasteiger partial charge in [0.25, 0.3) is 0 Å². The number of hydrogen-bond acceptors (Lipinski definition) is 0. The van der Waals surface area contributed by atoms with Gasteiger partial charge in [0, 0.05) is 32.3 Å². The van der Waals surface area contributed by atoms with E-state index in [1.165, 1.54) is 71.0 Å². The van der Waals surface area contributed by atoms with E-state index in [4.69, 9.17) is 0 Å². The number of aryl methyl sites for hydroxylation is 1. The second-order valence-electron chi connectivity index (χ2n) is 12.3. The summed E-state index contributed by atoms with van der Waals surface area (Å²) in [7, 11) is 0. The fourth-order valence-corrected chi connectivity index (χ4v) is 7.84. The van der Waals surface area contributed by atoms with E-state index in [9.17, 15) is 0 Å². The first-order valence-corrected chi connectivity index (χ1v) is 15.9. The number of fused-ring (bicyclic) bond motifs is 9. The van der Waals surface area contributed by atoms with E-state index in [1.807, 2.05) is 0 Å². The molecule has 0 N–H and O–H groups in total. The Morgan fingerprint density at radius 2 is 0.543 bits per heavy atom. The number of rotatable bonds is 3. The average Bonchev–Trinajstić information content (AvgIpc) is 3.74. The molecule has 0 amide bonds. The Labute approximate surface area is 265 Å². The van der Waals surface area contributed by atoms with Gasteiger partial charge < -0.3 is 13.7 Å². The third-order valence-electron chi connectivity index (χ3n) is 9.66. The van der Waals surface area contributed by atoms with Gasteiger partial charge in [-0.3, -0.25) is 0 Å². The molecule has 0 spiro atoms. The lowest BCUT2D eigenvalue weighted by Gasteiger charge is -2.23. The van der Waals surface area contributed by atoms with E-state index in [0.29, 0.717) is 0 Å². The minimum absolute atomic E-state index is 1.15. The fourth-order valence-electron chi connectivity index (χ4n) is 7.84. The quantitative estimate of drug-likeness (QED) is 0.195. The van der Waals surface area contributed by atoms with Gasteiger partial charge in [-0.15, -0.1) is 0 Å². The van der Waals surface area contributed by atoms with Crippen molar-refractivity contribution in [1.29, 1.82) is 0 Å². The van der Waals surface area contributed by atoms with Gasteiger partial charge >= 0.3 is 0 Å². The molecule has 0 atom stereocenters. The highest BCUT2D eigenvalue weighted by atomic mass is 15.1. The average molecular weight is 588 g/mol. The molecular formula is C43H29N3. The molecule has 0 bridgehead atoms. The van der Waals surface area contributed by atoms with Crippen LogP contribution in [-0.2, 0) is 0 Å². The lowest BCUT2D eigenvalue weighted by atomic mass is 10.1. The van der Waals surface area contributed by atoms with Gasteiger partial charge in [-0.2, -0.15) is 0 Å². The third kappa shape index (κ3) is 3.37. The summed E-state index contributed by atoms with van der Waals surface area (Å²) in [5, 5.41) is 7.52. The van der Waals surface area contributed by atoms with Gasteiger partial charge in [0.1, 0.15) is 0 Å². The summed E-state index contributed by atoms with van der Waals surface area (Å²) in [4.78, 5) is 0. The van der Waals surface area contributed by atoms with Crippen molar-refractivity contribution in [3.63, 3.8) is 0 Å². The lowest BCUT2D eigenvalue weighted by molar-refractivity contribution is 1.04. The molecule has 3 aromatic heterocycles. The molecule has 0 aliphatic heterocycles. The van der Waals surface area contributed by atoms with E-state index in [1.54, 1.807) is 0 Å². The van der Waals surface area contributed by atoms with Crippen molar-refractivity contribution in [1.82, 2.24) is 13.7 Å². The maximum atomic E-state index is 2.50. The Kier molecular flexibility index (Phi) is 5.20. The van der Waals surface area contributed by atoms with Crippen molar-refractivity contribution in [2.75, 3.05) is 0 Å². The Morgan fingerprint density at radius 3 is 0.826 bits per heavy atom. The van der Waals surface area contributed by atoms with Crippen LogP contribution in [0.2, 0.25) is 0 Å². The Hall–Kier alpha value is -6.06. The summed E-state index contributed by atoms with van der Waals surface area (Å²) in [6.45, 7) is 2.23. The Balaban J connectivity index is 1.48. The van der Waals surface area contributed by atoms with Gasteiger partial charge in [0.05, 0.1) is 50.2 Å². The Bertz CT molecular complexity index is 2530. The smallest absolute Gasteiger partial charge is 0.0947 e. The maximum absolute atomic E-state index is 2.50. The summed E-state index contributed by atoms with van der Waals surface area (Å²) in [5.74, 6) is 0. The molecular weight excluding hydrogens is 558 g/mol. The summed E-state index contributed by atoms with van der Waals surface area (Å²) < 4.78 is 7.46. The summed E-state index contributed by atoms with van der Waals surface area (Å²) in [6.07, 6.45) is 0. The first kappa shape index (κ1) is 25.3. The minimum Gasteiger partial charge on any atom is -0.307 e. The molecule has 46 heavy (non-hydrogen) atoms. The van der Waals surface area contributed by atoms with Crippen molar-refractivity contribution in [3.05, 3.63) is 163 Å². The number of benzene rings is 7. The SMILES string of the molecule is Cc1cc(-n2c3ccccc3c3ccccc32)c(-n2c3ccccc3c3ccccc32)c(-n2c3ccccc3c3ccccc32)c1.